The van der Waals surface area contributed by atoms with Crippen molar-refractivity contribution in [3.63, 3.8) is 0 Å². The molecule has 0 fully saturated rings. The van der Waals surface area contributed by atoms with Gasteiger partial charge in [0.25, 0.3) is 0 Å². The Labute approximate surface area is 157 Å². The fraction of sp³-hybridized carbons (Fsp3) is 0.0588. The molecule has 6 heteroatoms. The summed E-state index contributed by atoms with van der Waals surface area (Å²) in [5.41, 5.74) is 2.70. The first kappa shape index (κ1) is 17.3. The van der Waals surface area contributed by atoms with Crippen molar-refractivity contribution in [2.75, 3.05) is 6.61 Å². The summed E-state index contributed by atoms with van der Waals surface area (Å²) in [5, 5.41) is 13.1. The molecule has 0 saturated carbocycles. The van der Waals surface area contributed by atoms with Crippen LogP contribution in [0.15, 0.2) is 66.7 Å². The molecule has 0 aliphatic heterocycles. The molecule has 0 radical (unpaired) electrons. The summed E-state index contributed by atoms with van der Waals surface area (Å²) >= 11 is 0. The van der Waals surface area contributed by atoms with Crippen LogP contribution >= 0.6 is 0 Å². The van der Waals surface area contributed by atoms with E-state index in [4.69, 9.17) is 9.84 Å². The smallest absolute Gasteiger partial charge is 1.00 e. The van der Waals surface area contributed by atoms with Gasteiger partial charge in [0.15, 0.2) is 6.61 Å². The van der Waals surface area contributed by atoms with Gasteiger partial charge >= 0.3 is 35.5 Å². The van der Waals surface area contributed by atoms with E-state index in [-0.39, 0.29) is 36.9 Å². The monoisotopic (exact) mass is 318 g/mol. The van der Waals surface area contributed by atoms with Crippen molar-refractivity contribution in [3.8, 4) is 22.8 Å². The van der Waals surface area contributed by atoms with Gasteiger partial charge in [-0.25, -0.2) is 9.48 Å². The topological polar surface area (TPSA) is 64.3 Å². The van der Waals surface area contributed by atoms with Gasteiger partial charge in [0.2, 0.25) is 5.88 Å². The van der Waals surface area contributed by atoms with Crippen molar-refractivity contribution >= 4 is 5.97 Å². The number of hydrogen-bond acceptors (Lipinski definition) is 3. The fourth-order valence-corrected chi connectivity index (χ4v) is 2.15. The average molecular weight is 318 g/mol. The summed E-state index contributed by atoms with van der Waals surface area (Å²) < 4.78 is 6.94. The van der Waals surface area contributed by atoms with E-state index in [9.17, 15) is 4.79 Å². The average Bonchev–Trinajstić information content (AvgIpc) is 2.99. The second-order valence-electron chi connectivity index (χ2n) is 4.66. The molecule has 112 valence electrons. The fourth-order valence-electron chi connectivity index (χ4n) is 2.15. The van der Waals surface area contributed by atoms with Gasteiger partial charge in [0.05, 0.1) is 11.4 Å². The zero-order valence-corrected chi connectivity index (χ0v) is 14.7. The Morgan fingerprint density at radius 3 is 2.30 bits per heavy atom. The number of carboxylic acid groups (broad SMARTS) is 1. The SMILES string of the molecule is O=C(O)COc1cc(-c2ccccc2)n(-c2ccccc2)n1.[H-].[Na+]. The molecule has 0 bridgehead atoms. The van der Waals surface area contributed by atoms with Gasteiger partial charge in [0, 0.05) is 11.6 Å². The van der Waals surface area contributed by atoms with E-state index >= 15 is 0 Å². The molecular formula is C17H15N2NaO3. The molecule has 0 aliphatic carbocycles. The predicted octanol–water partition coefficient (Wildman–Crippen LogP) is 0.119. The van der Waals surface area contributed by atoms with Gasteiger partial charge in [-0.15, -0.1) is 5.10 Å². The summed E-state index contributed by atoms with van der Waals surface area (Å²) in [6.07, 6.45) is 0. The zero-order valence-electron chi connectivity index (χ0n) is 13.7. The Hall–Kier alpha value is -2.08. The molecule has 0 amide bonds. The molecule has 5 nitrogen and oxygen atoms in total. The van der Waals surface area contributed by atoms with Crippen molar-refractivity contribution in [2.24, 2.45) is 0 Å². The van der Waals surface area contributed by atoms with E-state index in [0.717, 1.165) is 16.9 Å². The summed E-state index contributed by atoms with van der Waals surface area (Å²) in [4.78, 5) is 10.6. The summed E-state index contributed by atoms with van der Waals surface area (Å²) in [7, 11) is 0. The van der Waals surface area contributed by atoms with Crippen molar-refractivity contribution < 1.29 is 45.6 Å². The van der Waals surface area contributed by atoms with Crippen molar-refractivity contribution in [2.45, 2.75) is 0 Å². The third-order valence-electron chi connectivity index (χ3n) is 3.10. The molecule has 0 saturated heterocycles. The number of aliphatic carboxylic acids is 1. The molecular weight excluding hydrogens is 303 g/mol. The Kier molecular flexibility index (Phi) is 5.98. The molecule has 0 atom stereocenters. The van der Waals surface area contributed by atoms with Crippen LogP contribution in [0, 0.1) is 0 Å². The van der Waals surface area contributed by atoms with Gasteiger partial charge < -0.3 is 11.3 Å². The number of benzene rings is 2. The maximum absolute atomic E-state index is 10.6. The third kappa shape index (κ3) is 4.22. The molecule has 1 N–H and O–H groups in total. The standard InChI is InChI=1S/C17H14N2O3.Na.H/c20-17(21)12-22-16-11-15(13-7-3-1-4-8-13)19(18-16)14-9-5-2-6-10-14;;/h1-11H,12H2,(H,20,21);;/q;+1;-1. The second-order valence-corrected chi connectivity index (χ2v) is 4.66. The van der Waals surface area contributed by atoms with Crippen LogP contribution in [0.25, 0.3) is 16.9 Å². The number of carbonyl (C=O) groups is 1. The Bertz CT molecular complexity index is 722. The molecule has 1 heterocycles. The minimum atomic E-state index is -1.03. The van der Waals surface area contributed by atoms with Gasteiger partial charge in [-0.05, 0) is 12.1 Å². The van der Waals surface area contributed by atoms with Crippen LogP contribution in [0.5, 0.6) is 5.88 Å². The number of aromatic nitrogens is 2. The molecule has 2 aromatic carbocycles. The zero-order chi connectivity index (χ0) is 15.4. The van der Waals surface area contributed by atoms with E-state index < -0.39 is 12.6 Å². The van der Waals surface area contributed by atoms with Crippen molar-refractivity contribution in [3.05, 3.63) is 66.7 Å². The molecule has 3 aromatic rings. The van der Waals surface area contributed by atoms with Crippen molar-refractivity contribution in [1.82, 2.24) is 9.78 Å². The normalized spacial score (nSPS) is 9.91. The van der Waals surface area contributed by atoms with Crippen LogP contribution < -0.4 is 34.3 Å². The maximum atomic E-state index is 10.6. The first-order valence-corrected chi connectivity index (χ1v) is 6.79. The van der Waals surface area contributed by atoms with Crippen LogP contribution in [0.2, 0.25) is 0 Å². The summed E-state index contributed by atoms with van der Waals surface area (Å²) in [6.45, 7) is -0.417. The Morgan fingerprint density at radius 2 is 1.70 bits per heavy atom. The molecule has 23 heavy (non-hydrogen) atoms. The van der Waals surface area contributed by atoms with E-state index in [2.05, 4.69) is 5.10 Å². The molecule has 1 aromatic heterocycles. The quantitative estimate of drug-likeness (QED) is 0.679. The predicted molar refractivity (Wildman–Crippen MR) is 83.2 cm³/mol. The van der Waals surface area contributed by atoms with Gasteiger partial charge in [0.1, 0.15) is 0 Å². The van der Waals surface area contributed by atoms with E-state index in [1.807, 2.05) is 60.7 Å². The third-order valence-corrected chi connectivity index (χ3v) is 3.10. The number of carboxylic acids is 1. The van der Waals surface area contributed by atoms with E-state index in [0.29, 0.717) is 0 Å². The van der Waals surface area contributed by atoms with Crippen LogP contribution in [0.3, 0.4) is 0 Å². The summed E-state index contributed by atoms with van der Waals surface area (Å²) in [5.74, 6) is -0.749. The molecule has 0 aliphatic rings. The second kappa shape index (κ2) is 7.97. The molecule has 3 rings (SSSR count). The maximum Gasteiger partial charge on any atom is 1.00 e. The number of ether oxygens (including phenoxy) is 1. The van der Waals surface area contributed by atoms with Crippen LogP contribution in [0.4, 0.5) is 0 Å². The number of rotatable bonds is 5. The minimum absolute atomic E-state index is 0. The first-order chi connectivity index (χ1) is 10.7. The molecule has 0 spiro atoms. The molecule has 0 unspecified atom stereocenters. The van der Waals surface area contributed by atoms with Gasteiger partial charge in [-0.2, -0.15) is 0 Å². The van der Waals surface area contributed by atoms with Crippen molar-refractivity contribution in [1.29, 1.82) is 0 Å². The number of para-hydroxylation sites is 1. The van der Waals surface area contributed by atoms with Gasteiger partial charge in [-0.3, -0.25) is 0 Å². The Balaban J connectivity index is 0.00000144. The van der Waals surface area contributed by atoms with E-state index in [1.54, 1.807) is 10.7 Å². The van der Waals surface area contributed by atoms with Crippen LogP contribution in [-0.2, 0) is 4.79 Å². The van der Waals surface area contributed by atoms with E-state index in [1.165, 1.54) is 0 Å². The largest absolute Gasteiger partial charge is 1.00 e. The minimum Gasteiger partial charge on any atom is -1.00 e. The number of hydrogen-bond donors (Lipinski definition) is 1. The summed E-state index contributed by atoms with van der Waals surface area (Å²) in [6, 6.07) is 21.1. The first-order valence-electron chi connectivity index (χ1n) is 6.79. The Morgan fingerprint density at radius 1 is 1.09 bits per heavy atom. The number of nitrogens with zero attached hydrogens (tertiary/aromatic N) is 2. The van der Waals surface area contributed by atoms with Crippen LogP contribution in [-0.4, -0.2) is 27.5 Å². The van der Waals surface area contributed by atoms with Crippen LogP contribution in [0.1, 0.15) is 1.43 Å². The van der Waals surface area contributed by atoms with Gasteiger partial charge in [-0.1, -0.05) is 48.5 Å².